The molecule has 2 aromatic rings. The molecule has 3 amide bonds. The summed E-state index contributed by atoms with van der Waals surface area (Å²) in [6, 6.07) is 15.4. The second-order valence-electron chi connectivity index (χ2n) is 7.29. The highest BCUT2D eigenvalue weighted by Crippen LogP contribution is 2.23. The van der Waals surface area contributed by atoms with Gasteiger partial charge in [0.1, 0.15) is 6.04 Å². The molecule has 0 aliphatic heterocycles. The van der Waals surface area contributed by atoms with E-state index in [1.807, 2.05) is 44.2 Å². The summed E-state index contributed by atoms with van der Waals surface area (Å²) in [5, 5.41) is 5.60. The highest BCUT2D eigenvalue weighted by Gasteiger charge is 2.23. The molecule has 0 radical (unpaired) electrons. The maximum atomic E-state index is 12.9. The first-order valence-corrected chi connectivity index (χ1v) is 10.2. The van der Waals surface area contributed by atoms with Crippen molar-refractivity contribution in [3.8, 4) is 0 Å². The zero-order chi connectivity index (χ0) is 21.4. The molecular weight excluding hydrogens is 386 g/mol. The van der Waals surface area contributed by atoms with Crippen LogP contribution in [0, 0.1) is 5.92 Å². The number of nitrogens with zero attached hydrogens (tertiary/aromatic N) is 1. The van der Waals surface area contributed by atoms with Crippen LogP contribution >= 0.6 is 11.8 Å². The highest BCUT2D eigenvalue weighted by atomic mass is 32.2. The van der Waals surface area contributed by atoms with Crippen LogP contribution in [0.4, 0.5) is 10.5 Å². The third-order valence-electron chi connectivity index (χ3n) is 3.99. The van der Waals surface area contributed by atoms with Gasteiger partial charge in [-0.2, -0.15) is 0 Å². The van der Waals surface area contributed by atoms with Gasteiger partial charge in [0.15, 0.2) is 0 Å². The van der Waals surface area contributed by atoms with Crippen LogP contribution in [0.1, 0.15) is 31.9 Å². The van der Waals surface area contributed by atoms with Gasteiger partial charge in [0.05, 0.1) is 0 Å². The van der Waals surface area contributed by atoms with Crippen LogP contribution < -0.4 is 10.6 Å². The quantitative estimate of drug-likeness (QED) is 0.663. The number of carbonyl (C=O) groups is 3. The van der Waals surface area contributed by atoms with Gasteiger partial charge in [-0.05, 0) is 47.5 Å². The van der Waals surface area contributed by atoms with Crippen molar-refractivity contribution in [2.45, 2.75) is 31.2 Å². The molecule has 2 aromatic carbocycles. The molecule has 1 atom stereocenters. The Balaban J connectivity index is 2.10. The Bertz CT molecular complexity index is 836. The third-order valence-corrected chi connectivity index (χ3v) is 5.03. The van der Waals surface area contributed by atoms with Crippen LogP contribution in [-0.4, -0.2) is 36.0 Å². The molecule has 0 bridgehead atoms. The first kappa shape index (κ1) is 22.5. The van der Waals surface area contributed by atoms with Gasteiger partial charge < -0.3 is 15.5 Å². The first-order valence-electron chi connectivity index (χ1n) is 9.40. The van der Waals surface area contributed by atoms with Crippen molar-refractivity contribution in [1.29, 1.82) is 0 Å². The van der Waals surface area contributed by atoms with Crippen LogP contribution in [0.25, 0.3) is 0 Å². The molecule has 2 rings (SSSR count). The number of thioether (sulfide) groups is 1. The average molecular weight is 414 g/mol. The Labute approximate surface area is 176 Å². The summed E-state index contributed by atoms with van der Waals surface area (Å²) in [5.41, 5.74) is 1.31. The molecule has 0 spiro atoms. The van der Waals surface area contributed by atoms with Crippen molar-refractivity contribution < 1.29 is 14.4 Å². The van der Waals surface area contributed by atoms with E-state index in [-0.39, 0.29) is 23.0 Å². The summed E-state index contributed by atoms with van der Waals surface area (Å²) in [6.45, 7) is 3.91. The van der Waals surface area contributed by atoms with Crippen molar-refractivity contribution in [2.75, 3.05) is 19.4 Å². The number of amides is 3. The van der Waals surface area contributed by atoms with Crippen LogP contribution in [0.5, 0.6) is 0 Å². The van der Waals surface area contributed by atoms with Crippen molar-refractivity contribution in [2.24, 2.45) is 5.92 Å². The molecule has 6 nitrogen and oxygen atoms in total. The molecule has 0 fully saturated rings. The van der Waals surface area contributed by atoms with Crippen molar-refractivity contribution in [3.05, 3.63) is 60.2 Å². The maximum absolute atomic E-state index is 12.9. The predicted octanol–water partition coefficient (Wildman–Crippen LogP) is 4.30. The van der Waals surface area contributed by atoms with E-state index in [1.165, 1.54) is 4.90 Å². The van der Waals surface area contributed by atoms with E-state index in [0.29, 0.717) is 17.7 Å². The molecule has 0 aliphatic carbocycles. The topological polar surface area (TPSA) is 78.5 Å². The minimum atomic E-state index is -0.785. The van der Waals surface area contributed by atoms with Crippen LogP contribution in [0.15, 0.2) is 59.5 Å². The summed E-state index contributed by atoms with van der Waals surface area (Å²) in [5.74, 6) is -0.291. The molecule has 0 saturated carbocycles. The minimum Gasteiger partial charge on any atom is -0.341 e. The number of rotatable bonds is 7. The van der Waals surface area contributed by atoms with E-state index < -0.39 is 6.04 Å². The largest absolute Gasteiger partial charge is 0.341 e. The summed E-state index contributed by atoms with van der Waals surface area (Å²) in [4.78, 5) is 39.2. The monoisotopic (exact) mass is 413 g/mol. The number of anilines is 1. The SMILES string of the molecule is CC(C)CC(=O)NC(C(=O)Nc1ccc(SC(=O)N(C)C)cc1)c1ccccc1. The maximum Gasteiger partial charge on any atom is 0.285 e. The fourth-order valence-corrected chi connectivity index (χ4v) is 3.21. The molecule has 1 unspecified atom stereocenters. The zero-order valence-electron chi connectivity index (χ0n) is 17.1. The molecule has 0 heterocycles. The van der Waals surface area contributed by atoms with E-state index in [1.54, 1.807) is 38.4 Å². The lowest BCUT2D eigenvalue weighted by Gasteiger charge is -2.19. The molecule has 2 N–H and O–H groups in total. The van der Waals surface area contributed by atoms with Gasteiger partial charge >= 0.3 is 0 Å². The van der Waals surface area contributed by atoms with E-state index in [2.05, 4.69) is 10.6 Å². The van der Waals surface area contributed by atoms with Crippen molar-refractivity contribution in [1.82, 2.24) is 10.2 Å². The summed E-state index contributed by atoms with van der Waals surface area (Å²) in [6.07, 6.45) is 0.350. The van der Waals surface area contributed by atoms with Crippen LogP contribution in [0.2, 0.25) is 0 Å². The lowest BCUT2D eigenvalue weighted by Crippen LogP contribution is -2.37. The van der Waals surface area contributed by atoms with E-state index in [4.69, 9.17) is 0 Å². The summed E-state index contributed by atoms with van der Waals surface area (Å²) >= 11 is 1.11. The average Bonchev–Trinajstić information content (AvgIpc) is 2.67. The van der Waals surface area contributed by atoms with E-state index in [9.17, 15) is 14.4 Å². The lowest BCUT2D eigenvalue weighted by atomic mass is 10.0. The fourth-order valence-electron chi connectivity index (χ4n) is 2.55. The predicted molar refractivity (Wildman–Crippen MR) is 117 cm³/mol. The number of carbonyl (C=O) groups excluding carboxylic acids is 3. The minimum absolute atomic E-state index is 0.0706. The third kappa shape index (κ3) is 7.27. The van der Waals surface area contributed by atoms with Crippen LogP contribution in [0.3, 0.4) is 0 Å². The molecule has 0 aliphatic rings. The Morgan fingerprint density at radius 2 is 1.59 bits per heavy atom. The van der Waals surface area contributed by atoms with Gasteiger partial charge in [-0.25, -0.2) is 0 Å². The number of hydrogen-bond donors (Lipinski definition) is 2. The molecular formula is C22H27N3O3S. The molecule has 0 saturated heterocycles. The Hall–Kier alpha value is -2.80. The number of nitrogens with one attached hydrogen (secondary N) is 2. The first-order chi connectivity index (χ1) is 13.8. The Morgan fingerprint density at radius 1 is 0.966 bits per heavy atom. The molecule has 29 heavy (non-hydrogen) atoms. The van der Waals surface area contributed by atoms with Crippen LogP contribution in [-0.2, 0) is 9.59 Å². The van der Waals surface area contributed by atoms with Gasteiger partial charge in [0.2, 0.25) is 5.91 Å². The van der Waals surface area contributed by atoms with Gasteiger partial charge in [-0.15, -0.1) is 0 Å². The van der Waals surface area contributed by atoms with E-state index >= 15 is 0 Å². The van der Waals surface area contributed by atoms with Gasteiger partial charge in [-0.3, -0.25) is 14.4 Å². The fraction of sp³-hybridized carbons (Fsp3) is 0.318. The number of benzene rings is 2. The summed E-state index contributed by atoms with van der Waals surface area (Å²) in [7, 11) is 3.39. The zero-order valence-corrected chi connectivity index (χ0v) is 18.0. The van der Waals surface area contributed by atoms with Crippen molar-refractivity contribution >= 4 is 34.5 Å². The Kier molecular flexibility index (Phi) is 8.27. The molecule has 7 heteroatoms. The highest BCUT2D eigenvalue weighted by molar-refractivity contribution is 8.13. The van der Waals surface area contributed by atoms with E-state index in [0.717, 1.165) is 16.7 Å². The van der Waals surface area contributed by atoms with Gasteiger partial charge in [0.25, 0.3) is 11.1 Å². The molecule has 154 valence electrons. The standard InChI is InChI=1S/C22H27N3O3S/c1-15(2)14-19(26)24-20(16-8-6-5-7-9-16)21(27)23-17-10-12-18(13-11-17)29-22(28)25(3)4/h5-13,15,20H,14H2,1-4H3,(H,23,27)(H,24,26). The Morgan fingerprint density at radius 3 is 2.14 bits per heavy atom. The smallest absolute Gasteiger partial charge is 0.285 e. The second-order valence-corrected chi connectivity index (χ2v) is 8.31. The summed E-state index contributed by atoms with van der Waals surface area (Å²) < 4.78 is 0. The normalized spacial score (nSPS) is 11.6. The second kappa shape index (κ2) is 10.7. The van der Waals surface area contributed by atoms with Crippen molar-refractivity contribution in [3.63, 3.8) is 0 Å². The van der Waals surface area contributed by atoms with Gasteiger partial charge in [-0.1, -0.05) is 44.2 Å². The van der Waals surface area contributed by atoms with Gasteiger partial charge in [0, 0.05) is 31.1 Å². The number of hydrogen-bond acceptors (Lipinski definition) is 4. The lowest BCUT2D eigenvalue weighted by molar-refractivity contribution is -0.127. The molecule has 0 aromatic heterocycles.